The normalized spacial score (nSPS) is 12.1. The molecule has 0 aliphatic rings. The molecule has 0 aliphatic heterocycles. The van der Waals surface area contributed by atoms with Gasteiger partial charge in [-0.3, -0.25) is 9.59 Å². The standard InChI is InChI=1S/C21H26N4O2S2/c1-13-14(2)29-21-18(13)20(27)23-17(24-21)12-28-15(3)19(26)22-10-11-25(4)16-8-6-5-7-9-16/h5-9,15H,10-12H2,1-4H3,(H,22,26)(H,23,24,27). The zero-order valence-electron chi connectivity index (χ0n) is 17.1. The summed E-state index contributed by atoms with van der Waals surface area (Å²) < 4.78 is 0. The highest BCUT2D eigenvalue weighted by molar-refractivity contribution is 7.99. The number of H-pyrrole nitrogens is 1. The number of thioether (sulfide) groups is 1. The Morgan fingerprint density at radius 1 is 1.31 bits per heavy atom. The number of hydrogen-bond donors (Lipinski definition) is 2. The van der Waals surface area contributed by atoms with Crippen LogP contribution in [0.1, 0.15) is 23.2 Å². The summed E-state index contributed by atoms with van der Waals surface area (Å²) in [6, 6.07) is 10.1. The van der Waals surface area contributed by atoms with Gasteiger partial charge in [0.15, 0.2) is 0 Å². The lowest BCUT2D eigenvalue weighted by atomic mass is 10.2. The van der Waals surface area contributed by atoms with Crippen molar-refractivity contribution < 1.29 is 4.79 Å². The number of amides is 1. The van der Waals surface area contributed by atoms with Gasteiger partial charge in [-0.2, -0.15) is 0 Å². The van der Waals surface area contributed by atoms with Gasteiger partial charge in [0, 0.05) is 30.7 Å². The largest absolute Gasteiger partial charge is 0.373 e. The van der Waals surface area contributed by atoms with Crippen molar-refractivity contribution in [2.75, 3.05) is 25.0 Å². The molecule has 2 heterocycles. The Hall–Kier alpha value is -2.32. The number of thiophene rings is 1. The maximum absolute atomic E-state index is 12.4. The molecule has 1 aromatic carbocycles. The van der Waals surface area contributed by atoms with Crippen molar-refractivity contribution in [1.29, 1.82) is 0 Å². The molecule has 0 saturated carbocycles. The zero-order chi connectivity index (χ0) is 21.0. The molecular formula is C21H26N4O2S2. The topological polar surface area (TPSA) is 78.1 Å². The molecule has 6 nitrogen and oxygen atoms in total. The molecule has 0 spiro atoms. The number of nitrogens with zero attached hydrogens (tertiary/aromatic N) is 2. The second-order valence-electron chi connectivity index (χ2n) is 6.98. The van der Waals surface area contributed by atoms with E-state index in [1.54, 1.807) is 0 Å². The van der Waals surface area contributed by atoms with E-state index in [0.717, 1.165) is 27.5 Å². The molecular weight excluding hydrogens is 404 g/mol. The highest BCUT2D eigenvalue weighted by atomic mass is 32.2. The summed E-state index contributed by atoms with van der Waals surface area (Å²) in [7, 11) is 2.01. The number of para-hydroxylation sites is 1. The van der Waals surface area contributed by atoms with E-state index in [2.05, 4.69) is 20.2 Å². The number of benzene rings is 1. The molecule has 2 N–H and O–H groups in total. The van der Waals surface area contributed by atoms with Gasteiger partial charge in [-0.1, -0.05) is 18.2 Å². The molecule has 1 atom stereocenters. The third-order valence-electron chi connectivity index (χ3n) is 4.87. The Kier molecular flexibility index (Phi) is 6.97. The predicted octanol–water partition coefficient (Wildman–Crippen LogP) is 3.48. The fourth-order valence-electron chi connectivity index (χ4n) is 2.95. The fraction of sp³-hybridized carbons (Fsp3) is 0.381. The minimum atomic E-state index is -0.232. The number of carbonyl (C=O) groups is 1. The fourth-order valence-corrected chi connectivity index (χ4v) is 4.78. The average Bonchev–Trinajstić information content (AvgIpc) is 3.00. The Labute approximate surface area is 178 Å². The van der Waals surface area contributed by atoms with Crippen LogP contribution in [0.4, 0.5) is 5.69 Å². The summed E-state index contributed by atoms with van der Waals surface area (Å²) in [6.45, 7) is 7.12. The first-order valence-corrected chi connectivity index (χ1v) is 11.4. The smallest absolute Gasteiger partial charge is 0.259 e. The molecule has 0 aliphatic carbocycles. The van der Waals surface area contributed by atoms with Crippen molar-refractivity contribution in [3.63, 3.8) is 0 Å². The summed E-state index contributed by atoms with van der Waals surface area (Å²) in [5, 5.41) is 3.42. The molecule has 0 fully saturated rings. The lowest BCUT2D eigenvalue weighted by Gasteiger charge is -2.20. The molecule has 154 valence electrons. The van der Waals surface area contributed by atoms with Crippen molar-refractivity contribution in [2.45, 2.75) is 31.8 Å². The summed E-state index contributed by atoms with van der Waals surface area (Å²) in [5.41, 5.74) is 2.01. The number of aromatic amines is 1. The highest BCUT2D eigenvalue weighted by Gasteiger charge is 2.16. The Balaban J connectivity index is 1.50. The Morgan fingerprint density at radius 2 is 2.03 bits per heavy atom. The molecule has 29 heavy (non-hydrogen) atoms. The van der Waals surface area contributed by atoms with Gasteiger partial charge in [0.2, 0.25) is 5.91 Å². The minimum Gasteiger partial charge on any atom is -0.373 e. The van der Waals surface area contributed by atoms with Crippen LogP contribution in [-0.4, -0.2) is 41.3 Å². The number of aryl methyl sites for hydroxylation is 2. The van der Waals surface area contributed by atoms with Crippen LogP contribution < -0.4 is 15.8 Å². The van der Waals surface area contributed by atoms with Crippen molar-refractivity contribution >= 4 is 44.9 Å². The van der Waals surface area contributed by atoms with Crippen LogP contribution in [0.3, 0.4) is 0 Å². The third kappa shape index (κ3) is 5.19. The maximum atomic E-state index is 12.4. The van der Waals surface area contributed by atoms with E-state index >= 15 is 0 Å². The van der Waals surface area contributed by atoms with Crippen molar-refractivity contribution in [2.24, 2.45) is 0 Å². The van der Waals surface area contributed by atoms with Gasteiger partial charge in [0.25, 0.3) is 5.56 Å². The van der Waals surface area contributed by atoms with Crippen LogP contribution >= 0.6 is 23.1 Å². The number of carbonyl (C=O) groups excluding carboxylic acids is 1. The third-order valence-corrected chi connectivity index (χ3v) is 7.13. The van der Waals surface area contributed by atoms with Crippen LogP contribution in [-0.2, 0) is 10.5 Å². The zero-order valence-corrected chi connectivity index (χ0v) is 18.7. The van der Waals surface area contributed by atoms with E-state index in [1.807, 2.05) is 58.2 Å². The Morgan fingerprint density at radius 3 is 2.76 bits per heavy atom. The van der Waals surface area contributed by atoms with Gasteiger partial charge in [0.1, 0.15) is 10.7 Å². The lowest BCUT2D eigenvalue weighted by Crippen LogP contribution is -2.37. The first-order valence-electron chi connectivity index (χ1n) is 9.51. The van der Waals surface area contributed by atoms with Crippen molar-refractivity contribution in [3.05, 3.63) is 57.0 Å². The molecule has 3 rings (SSSR count). The summed E-state index contributed by atoms with van der Waals surface area (Å²) in [6.07, 6.45) is 0. The van der Waals surface area contributed by atoms with Crippen LogP contribution in [0.2, 0.25) is 0 Å². The van der Waals surface area contributed by atoms with E-state index in [0.29, 0.717) is 23.5 Å². The number of hydrogen-bond acceptors (Lipinski definition) is 6. The van der Waals surface area contributed by atoms with Gasteiger partial charge in [-0.25, -0.2) is 4.98 Å². The second kappa shape index (κ2) is 9.45. The molecule has 1 amide bonds. The van der Waals surface area contributed by atoms with Gasteiger partial charge < -0.3 is 15.2 Å². The van der Waals surface area contributed by atoms with Gasteiger partial charge >= 0.3 is 0 Å². The number of anilines is 1. The highest BCUT2D eigenvalue weighted by Crippen LogP contribution is 2.26. The molecule has 0 bridgehead atoms. The lowest BCUT2D eigenvalue weighted by molar-refractivity contribution is -0.120. The van der Waals surface area contributed by atoms with Gasteiger partial charge in [-0.15, -0.1) is 23.1 Å². The number of nitrogens with one attached hydrogen (secondary N) is 2. The van der Waals surface area contributed by atoms with Crippen molar-refractivity contribution in [1.82, 2.24) is 15.3 Å². The van der Waals surface area contributed by atoms with Crippen molar-refractivity contribution in [3.8, 4) is 0 Å². The molecule has 2 aromatic heterocycles. The quantitative estimate of drug-likeness (QED) is 0.572. The number of fused-ring (bicyclic) bond motifs is 1. The number of rotatable bonds is 8. The van der Waals surface area contributed by atoms with E-state index in [1.165, 1.54) is 23.1 Å². The monoisotopic (exact) mass is 430 g/mol. The van der Waals surface area contributed by atoms with E-state index in [4.69, 9.17) is 0 Å². The van der Waals surface area contributed by atoms with Crippen LogP contribution in [0.15, 0.2) is 35.1 Å². The summed E-state index contributed by atoms with van der Waals surface area (Å²) in [4.78, 5) is 36.1. The van der Waals surface area contributed by atoms with E-state index < -0.39 is 0 Å². The molecule has 0 radical (unpaired) electrons. The van der Waals surface area contributed by atoms with E-state index in [9.17, 15) is 9.59 Å². The Bertz CT molecular complexity index is 1050. The van der Waals surface area contributed by atoms with Crippen LogP contribution in [0, 0.1) is 13.8 Å². The van der Waals surface area contributed by atoms with Crippen LogP contribution in [0.5, 0.6) is 0 Å². The SMILES string of the molecule is Cc1sc2nc(CSC(C)C(=O)NCCN(C)c3ccccc3)[nH]c(=O)c2c1C. The van der Waals surface area contributed by atoms with Gasteiger partial charge in [0.05, 0.1) is 16.4 Å². The van der Waals surface area contributed by atoms with E-state index in [-0.39, 0.29) is 16.7 Å². The molecule has 8 heteroatoms. The molecule has 0 saturated heterocycles. The molecule has 1 unspecified atom stereocenters. The summed E-state index contributed by atoms with van der Waals surface area (Å²) >= 11 is 3.00. The minimum absolute atomic E-state index is 0.0114. The second-order valence-corrected chi connectivity index (χ2v) is 9.51. The van der Waals surface area contributed by atoms with Gasteiger partial charge in [-0.05, 0) is 38.5 Å². The first kappa shape index (κ1) is 21.4. The molecule has 3 aromatic rings. The van der Waals surface area contributed by atoms with Crippen LogP contribution in [0.25, 0.3) is 10.2 Å². The maximum Gasteiger partial charge on any atom is 0.259 e. The number of likely N-dealkylation sites (N-methyl/N-ethyl adjacent to an activating group) is 1. The summed E-state index contributed by atoms with van der Waals surface area (Å²) in [5.74, 6) is 1.08. The first-order chi connectivity index (χ1) is 13.9. The number of aromatic nitrogens is 2. The average molecular weight is 431 g/mol. The predicted molar refractivity (Wildman–Crippen MR) is 123 cm³/mol.